The number of hydrogen-bond acceptors (Lipinski definition) is 3. The van der Waals surface area contributed by atoms with Crippen LogP contribution in [0.4, 0.5) is 0 Å². The van der Waals surface area contributed by atoms with Crippen LogP contribution in [0.25, 0.3) is 0 Å². The molecule has 0 atom stereocenters. The normalized spacial score (nSPS) is 10.1. The number of amides is 1. The number of benzene rings is 1. The van der Waals surface area contributed by atoms with Crippen molar-refractivity contribution in [2.45, 2.75) is 13.5 Å². The molecule has 0 bridgehead atoms. The monoisotopic (exact) mass is 272 g/mol. The SMILES string of the molecule is COc1ccccc1CNC(=O)c1ccc(C(C)=O)[nH]1. The molecule has 0 saturated carbocycles. The highest BCUT2D eigenvalue weighted by atomic mass is 16.5. The van der Waals surface area contributed by atoms with Gasteiger partial charge in [-0.2, -0.15) is 0 Å². The minimum absolute atomic E-state index is 0.103. The fraction of sp³-hybridized carbons (Fsp3) is 0.200. The summed E-state index contributed by atoms with van der Waals surface area (Å²) in [6, 6.07) is 10.7. The van der Waals surface area contributed by atoms with Gasteiger partial charge in [-0.3, -0.25) is 9.59 Å². The summed E-state index contributed by atoms with van der Waals surface area (Å²) in [4.78, 5) is 25.9. The van der Waals surface area contributed by atoms with Gasteiger partial charge in [0, 0.05) is 19.0 Å². The molecular formula is C15H16N2O3. The van der Waals surface area contributed by atoms with Crippen LogP contribution in [0.3, 0.4) is 0 Å². The summed E-state index contributed by atoms with van der Waals surface area (Å²) in [5.41, 5.74) is 1.68. The molecule has 2 aromatic rings. The standard InChI is InChI=1S/C15H16N2O3/c1-10(18)12-7-8-13(17-12)15(19)16-9-11-5-3-4-6-14(11)20-2/h3-8,17H,9H2,1-2H3,(H,16,19). The van der Waals surface area contributed by atoms with Crippen molar-refractivity contribution in [2.24, 2.45) is 0 Å². The summed E-state index contributed by atoms with van der Waals surface area (Å²) in [5, 5.41) is 2.78. The summed E-state index contributed by atoms with van der Waals surface area (Å²) >= 11 is 0. The van der Waals surface area contributed by atoms with Gasteiger partial charge >= 0.3 is 0 Å². The molecule has 0 unspecified atom stereocenters. The van der Waals surface area contributed by atoms with Crippen molar-refractivity contribution in [3.05, 3.63) is 53.3 Å². The molecule has 0 spiro atoms. The summed E-state index contributed by atoms with van der Waals surface area (Å²) in [7, 11) is 1.59. The fourth-order valence-corrected chi connectivity index (χ4v) is 1.85. The molecule has 5 nitrogen and oxygen atoms in total. The second kappa shape index (κ2) is 6.06. The lowest BCUT2D eigenvalue weighted by Crippen LogP contribution is -2.23. The summed E-state index contributed by atoms with van der Waals surface area (Å²) in [5.74, 6) is 0.362. The Balaban J connectivity index is 2.03. The Hall–Kier alpha value is -2.56. The van der Waals surface area contributed by atoms with E-state index in [1.807, 2.05) is 24.3 Å². The van der Waals surface area contributed by atoms with Gasteiger partial charge < -0.3 is 15.0 Å². The van der Waals surface area contributed by atoms with Gasteiger partial charge in [-0.15, -0.1) is 0 Å². The first-order valence-electron chi connectivity index (χ1n) is 6.22. The number of Topliss-reactive ketones (excluding diaryl/α,β-unsaturated/α-hetero) is 1. The lowest BCUT2D eigenvalue weighted by atomic mass is 10.2. The zero-order valence-corrected chi connectivity index (χ0v) is 11.4. The van der Waals surface area contributed by atoms with E-state index in [1.165, 1.54) is 6.92 Å². The Kier molecular flexibility index (Phi) is 4.20. The van der Waals surface area contributed by atoms with Gasteiger partial charge in [0.05, 0.1) is 12.8 Å². The number of hydrogen-bond donors (Lipinski definition) is 2. The maximum atomic E-state index is 12.0. The zero-order valence-electron chi connectivity index (χ0n) is 11.4. The number of rotatable bonds is 5. The van der Waals surface area contributed by atoms with Gasteiger partial charge in [0.25, 0.3) is 5.91 Å². The smallest absolute Gasteiger partial charge is 0.267 e. The van der Waals surface area contributed by atoms with Gasteiger partial charge in [-0.1, -0.05) is 18.2 Å². The highest BCUT2D eigenvalue weighted by Crippen LogP contribution is 2.16. The molecule has 5 heteroatoms. The maximum absolute atomic E-state index is 12.0. The Morgan fingerprint density at radius 3 is 2.50 bits per heavy atom. The molecule has 0 saturated heterocycles. The van der Waals surface area contributed by atoms with E-state index in [0.29, 0.717) is 17.9 Å². The van der Waals surface area contributed by atoms with Crippen molar-refractivity contribution in [1.82, 2.24) is 10.3 Å². The van der Waals surface area contributed by atoms with Crippen molar-refractivity contribution < 1.29 is 14.3 Å². The fourth-order valence-electron chi connectivity index (χ4n) is 1.85. The van der Waals surface area contributed by atoms with E-state index in [0.717, 1.165) is 11.3 Å². The van der Waals surface area contributed by atoms with E-state index in [4.69, 9.17) is 4.74 Å². The van der Waals surface area contributed by atoms with Crippen LogP contribution in [0.2, 0.25) is 0 Å². The molecule has 0 fully saturated rings. The van der Waals surface area contributed by atoms with E-state index < -0.39 is 0 Å². The van der Waals surface area contributed by atoms with Crippen LogP contribution in [-0.2, 0) is 6.54 Å². The minimum Gasteiger partial charge on any atom is -0.496 e. The largest absolute Gasteiger partial charge is 0.496 e. The first-order chi connectivity index (χ1) is 9.61. The van der Waals surface area contributed by atoms with Crippen LogP contribution in [0.15, 0.2) is 36.4 Å². The number of ether oxygens (including phenoxy) is 1. The van der Waals surface area contributed by atoms with Crippen LogP contribution in [0.1, 0.15) is 33.5 Å². The topological polar surface area (TPSA) is 71.2 Å². The molecule has 104 valence electrons. The number of aromatic nitrogens is 1. The molecule has 2 rings (SSSR count). The van der Waals surface area contributed by atoms with Gasteiger partial charge in [0.15, 0.2) is 5.78 Å². The highest BCUT2D eigenvalue weighted by molar-refractivity contribution is 5.97. The zero-order chi connectivity index (χ0) is 14.5. The quantitative estimate of drug-likeness (QED) is 0.819. The average Bonchev–Trinajstić information content (AvgIpc) is 2.95. The Bertz CT molecular complexity index is 632. The number of carbonyl (C=O) groups is 2. The summed E-state index contributed by atoms with van der Waals surface area (Å²) in [6.07, 6.45) is 0. The highest BCUT2D eigenvalue weighted by Gasteiger charge is 2.11. The molecule has 0 aliphatic heterocycles. The number of methoxy groups -OCH3 is 1. The van der Waals surface area contributed by atoms with E-state index in [9.17, 15) is 9.59 Å². The molecule has 1 amide bonds. The second-order valence-corrected chi connectivity index (χ2v) is 4.34. The first-order valence-corrected chi connectivity index (χ1v) is 6.22. The van der Waals surface area contributed by atoms with Gasteiger partial charge in [0.2, 0.25) is 0 Å². The van der Waals surface area contributed by atoms with Crippen LogP contribution < -0.4 is 10.1 Å². The van der Waals surface area contributed by atoms with Gasteiger partial charge in [0.1, 0.15) is 11.4 Å². The third-order valence-corrected chi connectivity index (χ3v) is 2.94. The summed E-state index contributed by atoms with van der Waals surface area (Å²) in [6.45, 7) is 1.81. The Morgan fingerprint density at radius 2 is 1.85 bits per heavy atom. The molecular weight excluding hydrogens is 256 g/mol. The molecule has 0 radical (unpaired) electrons. The minimum atomic E-state index is -0.261. The van der Waals surface area contributed by atoms with Gasteiger partial charge in [-0.25, -0.2) is 0 Å². The van der Waals surface area contributed by atoms with E-state index in [1.54, 1.807) is 19.2 Å². The Morgan fingerprint density at radius 1 is 1.15 bits per heavy atom. The molecule has 0 aliphatic rings. The molecule has 1 aromatic carbocycles. The lowest BCUT2D eigenvalue weighted by molar-refractivity contribution is 0.0946. The Labute approximate surface area is 117 Å². The van der Waals surface area contributed by atoms with Crippen LogP contribution >= 0.6 is 0 Å². The van der Waals surface area contributed by atoms with Gasteiger partial charge in [-0.05, 0) is 18.2 Å². The predicted molar refractivity (Wildman–Crippen MR) is 75.0 cm³/mol. The van der Waals surface area contributed by atoms with E-state index in [-0.39, 0.29) is 11.7 Å². The van der Waals surface area contributed by atoms with Crippen molar-refractivity contribution in [3.8, 4) is 5.75 Å². The second-order valence-electron chi connectivity index (χ2n) is 4.34. The van der Waals surface area contributed by atoms with Crippen LogP contribution in [0.5, 0.6) is 5.75 Å². The number of ketones is 1. The van der Waals surface area contributed by atoms with Crippen LogP contribution in [0, 0.1) is 0 Å². The predicted octanol–water partition coefficient (Wildman–Crippen LogP) is 2.16. The number of aromatic amines is 1. The average molecular weight is 272 g/mol. The number of para-hydroxylation sites is 1. The third-order valence-electron chi connectivity index (χ3n) is 2.94. The van der Waals surface area contributed by atoms with Crippen molar-refractivity contribution >= 4 is 11.7 Å². The molecule has 2 N–H and O–H groups in total. The van der Waals surface area contributed by atoms with Crippen molar-refractivity contribution in [1.29, 1.82) is 0 Å². The first kappa shape index (κ1) is 13.9. The van der Waals surface area contributed by atoms with Crippen molar-refractivity contribution in [3.63, 3.8) is 0 Å². The lowest BCUT2D eigenvalue weighted by Gasteiger charge is -2.08. The number of nitrogens with one attached hydrogen (secondary N) is 2. The van der Waals surface area contributed by atoms with E-state index in [2.05, 4.69) is 10.3 Å². The van der Waals surface area contributed by atoms with Crippen LogP contribution in [-0.4, -0.2) is 23.8 Å². The number of H-pyrrole nitrogens is 1. The third kappa shape index (κ3) is 3.06. The summed E-state index contributed by atoms with van der Waals surface area (Å²) < 4.78 is 5.22. The molecule has 20 heavy (non-hydrogen) atoms. The molecule has 0 aliphatic carbocycles. The molecule has 1 aromatic heterocycles. The number of carbonyl (C=O) groups excluding carboxylic acids is 2. The maximum Gasteiger partial charge on any atom is 0.267 e. The van der Waals surface area contributed by atoms with Crippen molar-refractivity contribution in [2.75, 3.05) is 7.11 Å². The van der Waals surface area contributed by atoms with E-state index >= 15 is 0 Å². The molecule has 1 heterocycles.